The van der Waals surface area contributed by atoms with E-state index in [2.05, 4.69) is 39.6 Å². The molecule has 1 N–H and O–H groups in total. The predicted octanol–water partition coefficient (Wildman–Crippen LogP) is 4.43. The molecular formula is C24H23N3O3. The van der Waals surface area contributed by atoms with E-state index in [1.165, 1.54) is 22.3 Å². The number of amides is 1. The smallest absolute Gasteiger partial charge is 0.407 e. The first-order valence-electron chi connectivity index (χ1n) is 9.96. The van der Waals surface area contributed by atoms with Crippen LogP contribution >= 0.6 is 0 Å². The average molecular weight is 401 g/mol. The molecule has 6 nitrogen and oxygen atoms in total. The monoisotopic (exact) mass is 401 g/mol. The number of fused-ring (bicyclic) bond motifs is 3. The molecule has 3 aromatic rings. The predicted molar refractivity (Wildman–Crippen MR) is 115 cm³/mol. The van der Waals surface area contributed by atoms with Crippen LogP contribution in [0, 0.1) is 0 Å². The Hall–Kier alpha value is -3.67. The molecule has 0 atom stereocenters. The van der Waals surface area contributed by atoms with Crippen LogP contribution < -0.4 is 10.1 Å². The van der Waals surface area contributed by atoms with Crippen molar-refractivity contribution in [2.45, 2.75) is 12.8 Å². The first-order valence-corrected chi connectivity index (χ1v) is 9.96. The molecular weight excluding hydrogens is 378 g/mol. The lowest BCUT2D eigenvalue weighted by Crippen LogP contribution is -2.26. The molecule has 0 saturated heterocycles. The number of carbonyl (C=O) groups is 1. The van der Waals surface area contributed by atoms with Crippen LogP contribution in [0.3, 0.4) is 0 Å². The largest absolute Gasteiger partial charge is 0.464 e. The molecule has 1 aromatic heterocycles. The van der Waals surface area contributed by atoms with Gasteiger partial charge in [0, 0.05) is 30.4 Å². The molecule has 0 radical (unpaired) electrons. The second-order valence-corrected chi connectivity index (χ2v) is 6.84. The quantitative estimate of drug-likeness (QED) is 0.634. The molecule has 152 valence electrons. The van der Waals surface area contributed by atoms with E-state index in [9.17, 15) is 4.79 Å². The van der Waals surface area contributed by atoms with Crippen LogP contribution in [0.4, 0.5) is 4.79 Å². The lowest BCUT2D eigenvalue weighted by molar-refractivity contribution is 0.144. The van der Waals surface area contributed by atoms with E-state index in [4.69, 9.17) is 9.47 Å². The normalized spacial score (nSPS) is 12.4. The van der Waals surface area contributed by atoms with Crippen LogP contribution in [0.1, 0.15) is 29.5 Å². The summed E-state index contributed by atoms with van der Waals surface area (Å²) in [5.41, 5.74) is 5.64. The summed E-state index contributed by atoms with van der Waals surface area (Å²) in [5.74, 6) is 0.0553. The van der Waals surface area contributed by atoms with Gasteiger partial charge < -0.3 is 14.8 Å². The number of nitrogens with zero attached hydrogens (tertiary/aromatic N) is 2. The zero-order valence-corrected chi connectivity index (χ0v) is 16.7. The summed E-state index contributed by atoms with van der Waals surface area (Å²) in [6.07, 6.45) is 6.55. The molecule has 2 aromatic carbocycles. The van der Waals surface area contributed by atoms with Crippen LogP contribution in [-0.2, 0) is 4.74 Å². The minimum absolute atomic E-state index is 0.0553. The van der Waals surface area contributed by atoms with Crippen LogP contribution in [0.5, 0.6) is 6.01 Å². The Balaban J connectivity index is 1.29. The number of nitrogens with one attached hydrogen (secondary N) is 1. The minimum Gasteiger partial charge on any atom is -0.464 e. The zero-order chi connectivity index (χ0) is 20.8. The third-order valence-corrected chi connectivity index (χ3v) is 4.94. The molecule has 4 rings (SSSR count). The number of hydrogen-bond acceptors (Lipinski definition) is 5. The van der Waals surface area contributed by atoms with E-state index in [0.29, 0.717) is 25.8 Å². The molecule has 0 aliphatic heterocycles. The highest BCUT2D eigenvalue weighted by molar-refractivity contribution is 5.79. The molecule has 30 heavy (non-hydrogen) atoms. The number of carbonyl (C=O) groups excluding carboxylic acids is 1. The van der Waals surface area contributed by atoms with Crippen molar-refractivity contribution in [2.75, 3.05) is 19.8 Å². The van der Waals surface area contributed by atoms with Crippen molar-refractivity contribution in [3.8, 4) is 17.1 Å². The zero-order valence-electron chi connectivity index (χ0n) is 16.7. The van der Waals surface area contributed by atoms with Gasteiger partial charge >= 0.3 is 12.1 Å². The Bertz CT molecular complexity index is 1000. The van der Waals surface area contributed by atoms with E-state index < -0.39 is 6.09 Å². The van der Waals surface area contributed by atoms with Gasteiger partial charge in [-0.15, -0.1) is 0 Å². The maximum Gasteiger partial charge on any atom is 0.407 e. The Morgan fingerprint density at radius 1 is 1.03 bits per heavy atom. The third-order valence-electron chi connectivity index (χ3n) is 4.94. The highest BCUT2D eigenvalue weighted by atomic mass is 16.5. The summed E-state index contributed by atoms with van der Waals surface area (Å²) in [6, 6.07) is 16.9. The number of ether oxygens (including phenoxy) is 2. The van der Waals surface area contributed by atoms with Gasteiger partial charge in [-0.25, -0.2) is 14.8 Å². The van der Waals surface area contributed by atoms with Crippen LogP contribution in [0.25, 0.3) is 17.2 Å². The molecule has 1 amide bonds. The van der Waals surface area contributed by atoms with Gasteiger partial charge in [-0.05, 0) is 29.2 Å². The highest BCUT2D eigenvalue weighted by Gasteiger charge is 2.28. The maximum atomic E-state index is 12.1. The van der Waals surface area contributed by atoms with Crippen molar-refractivity contribution in [3.05, 3.63) is 83.7 Å². The molecule has 6 heteroatoms. The maximum absolute atomic E-state index is 12.1. The van der Waals surface area contributed by atoms with Crippen molar-refractivity contribution in [1.29, 1.82) is 0 Å². The molecule has 0 spiro atoms. The molecule has 0 bridgehead atoms. The van der Waals surface area contributed by atoms with Gasteiger partial charge in [0.25, 0.3) is 0 Å². The summed E-state index contributed by atoms with van der Waals surface area (Å²) in [6.45, 7) is 3.06. The molecule has 1 aliphatic rings. The fraction of sp³-hybridized carbons (Fsp3) is 0.208. The fourth-order valence-electron chi connectivity index (χ4n) is 3.60. The fourth-order valence-corrected chi connectivity index (χ4v) is 3.60. The Morgan fingerprint density at radius 2 is 1.67 bits per heavy atom. The van der Waals surface area contributed by atoms with Gasteiger partial charge in [0.1, 0.15) is 6.61 Å². The van der Waals surface area contributed by atoms with Crippen molar-refractivity contribution in [2.24, 2.45) is 0 Å². The topological polar surface area (TPSA) is 73.3 Å². The number of hydrogen-bond donors (Lipinski definition) is 1. The third kappa shape index (κ3) is 4.33. The van der Waals surface area contributed by atoms with Crippen LogP contribution in [0.2, 0.25) is 0 Å². The molecule has 0 fully saturated rings. The lowest BCUT2D eigenvalue weighted by atomic mass is 9.98. The molecule has 0 unspecified atom stereocenters. The van der Waals surface area contributed by atoms with Gasteiger partial charge in [0.2, 0.25) is 0 Å². The number of aromatic nitrogens is 2. The van der Waals surface area contributed by atoms with Gasteiger partial charge in [-0.2, -0.15) is 0 Å². The van der Waals surface area contributed by atoms with E-state index in [-0.39, 0.29) is 5.92 Å². The van der Waals surface area contributed by atoms with Crippen LogP contribution in [0.15, 0.2) is 67.0 Å². The van der Waals surface area contributed by atoms with Crippen molar-refractivity contribution < 1.29 is 14.3 Å². The van der Waals surface area contributed by atoms with Crippen molar-refractivity contribution in [3.63, 3.8) is 0 Å². The van der Waals surface area contributed by atoms with Crippen molar-refractivity contribution >= 4 is 12.2 Å². The summed E-state index contributed by atoms with van der Waals surface area (Å²) < 4.78 is 10.7. The SMILES string of the molecule is CCOc1ncc(C=CCNC(=O)OCC2c3ccccc3-c3ccccc32)cn1. The number of alkyl carbamates (subject to hydrolysis) is 1. The second kappa shape index (κ2) is 9.22. The van der Waals surface area contributed by atoms with Gasteiger partial charge in [0.15, 0.2) is 0 Å². The molecule has 0 saturated carbocycles. The van der Waals surface area contributed by atoms with E-state index in [1.54, 1.807) is 12.4 Å². The second-order valence-electron chi connectivity index (χ2n) is 6.84. The first-order chi connectivity index (χ1) is 14.8. The van der Waals surface area contributed by atoms with E-state index in [0.717, 1.165) is 5.56 Å². The minimum atomic E-state index is -0.440. The Kier molecular flexibility index (Phi) is 6.03. The van der Waals surface area contributed by atoms with Crippen molar-refractivity contribution in [1.82, 2.24) is 15.3 Å². The molecule has 1 heterocycles. The molecule has 1 aliphatic carbocycles. The van der Waals surface area contributed by atoms with Gasteiger partial charge in [-0.1, -0.05) is 60.7 Å². The summed E-state index contributed by atoms with van der Waals surface area (Å²) in [5, 5.41) is 2.74. The van der Waals surface area contributed by atoms with Crippen LogP contribution in [-0.4, -0.2) is 35.8 Å². The Labute approximate surface area is 175 Å². The number of benzene rings is 2. The lowest BCUT2D eigenvalue weighted by Gasteiger charge is -2.14. The highest BCUT2D eigenvalue weighted by Crippen LogP contribution is 2.44. The van der Waals surface area contributed by atoms with E-state index in [1.807, 2.05) is 43.3 Å². The number of rotatable bonds is 7. The summed E-state index contributed by atoms with van der Waals surface area (Å²) in [7, 11) is 0. The summed E-state index contributed by atoms with van der Waals surface area (Å²) in [4.78, 5) is 20.3. The van der Waals surface area contributed by atoms with Gasteiger partial charge in [-0.3, -0.25) is 0 Å². The first kappa shape index (κ1) is 19.6. The van der Waals surface area contributed by atoms with Gasteiger partial charge in [0.05, 0.1) is 6.61 Å². The van der Waals surface area contributed by atoms with E-state index >= 15 is 0 Å². The average Bonchev–Trinajstić information content (AvgIpc) is 3.10. The summed E-state index contributed by atoms with van der Waals surface area (Å²) >= 11 is 0. The Morgan fingerprint density at radius 3 is 2.30 bits per heavy atom. The standard InChI is InChI=1S/C24H23N3O3/c1-2-29-23-26-14-17(15-27-23)8-7-13-25-24(28)30-16-22-20-11-5-3-9-18(20)19-10-4-6-12-21(19)22/h3-12,14-15,22H,2,13,16H2,1H3,(H,25,28).